The lowest BCUT2D eigenvalue weighted by Gasteiger charge is -2.30. The molecule has 0 aliphatic carbocycles. The molecule has 1 fully saturated rings. The maximum atomic E-state index is 13.3. The van der Waals surface area contributed by atoms with Crippen molar-refractivity contribution in [1.29, 1.82) is 0 Å². The highest BCUT2D eigenvalue weighted by atomic mass is 35.5. The van der Waals surface area contributed by atoms with Gasteiger partial charge in [0.05, 0.1) is 25.3 Å². The third kappa shape index (κ3) is 6.10. The van der Waals surface area contributed by atoms with E-state index in [4.69, 9.17) is 21.1 Å². The molecule has 3 rings (SSSR count). The third-order valence-corrected chi connectivity index (χ3v) is 7.64. The number of methoxy groups -OCH3 is 1. The van der Waals surface area contributed by atoms with Crippen LogP contribution in [0.3, 0.4) is 0 Å². The fraction of sp³-hybridized carbons (Fsp3) is 0.600. The van der Waals surface area contributed by atoms with Crippen molar-refractivity contribution in [3.8, 4) is 5.75 Å². The van der Waals surface area contributed by atoms with E-state index in [-0.39, 0.29) is 50.3 Å². The van der Waals surface area contributed by atoms with E-state index < -0.39 is 16.1 Å². The molecule has 1 aromatic rings. The Bertz CT molecular complexity index is 929. The molecule has 178 valence electrons. The summed E-state index contributed by atoms with van der Waals surface area (Å²) in [5.41, 5.74) is 0.282. The Kier molecular flexibility index (Phi) is 8.72. The van der Waals surface area contributed by atoms with Gasteiger partial charge in [-0.2, -0.15) is 17.0 Å². The van der Waals surface area contributed by atoms with Gasteiger partial charge in [-0.3, -0.25) is 9.59 Å². The van der Waals surface area contributed by atoms with Crippen LogP contribution in [0.5, 0.6) is 5.75 Å². The number of hydrogen-bond acceptors (Lipinski definition) is 6. The molecule has 0 spiro atoms. The zero-order chi connectivity index (χ0) is 23.1. The summed E-state index contributed by atoms with van der Waals surface area (Å²) in [6.07, 6.45) is 1.78. The number of benzene rings is 1. The molecule has 32 heavy (non-hydrogen) atoms. The molecule has 2 aliphatic heterocycles. The van der Waals surface area contributed by atoms with Crippen LogP contribution in [0.15, 0.2) is 18.2 Å². The number of hydrogen-bond donors (Lipinski definition) is 2. The topological polar surface area (TPSA) is 117 Å². The van der Waals surface area contributed by atoms with Gasteiger partial charge in [0.2, 0.25) is 5.91 Å². The van der Waals surface area contributed by atoms with Crippen molar-refractivity contribution in [2.45, 2.75) is 25.3 Å². The molecule has 2 heterocycles. The molecule has 0 bridgehead atoms. The first kappa shape index (κ1) is 24.7. The van der Waals surface area contributed by atoms with E-state index in [0.29, 0.717) is 36.8 Å². The van der Waals surface area contributed by atoms with Crippen LogP contribution in [-0.2, 0) is 19.7 Å². The number of amides is 2. The standard InChI is InChI=1S/C20H29ClN4O6S/c1-30-14-16-4-2-10-25(16)32(28,29)24-9-3-7-23-20(27)17-12-15(21)5-6-18(17)31-11-8-22-19(26)13-24/h5-6,12,16H,2-4,7-11,13-14H2,1H3,(H,22,26)(H,23,27). The molecule has 1 aromatic carbocycles. The van der Waals surface area contributed by atoms with Crippen LogP contribution in [0.2, 0.25) is 5.02 Å². The normalized spacial score (nSPS) is 22.4. The van der Waals surface area contributed by atoms with Gasteiger partial charge in [-0.1, -0.05) is 11.6 Å². The molecule has 1 unspecified atom stereocenters. The number of fused-ring (bicyclic) bond motifs is 1. The van der Waals surface area contributed by atoms with Gasteiger partial charge in [-0.05, 0) is 37.5 Å². The summed E-state index contributed by atoms with van der Waals surface area (Å²) in [5, 5.41) is 5.84. The number of nitrogens with zero attached hydrogens (tertiary/aromatic N) is 2. The number of carbonyl (C=O) groups is 2. The van der Waals surface area contributed by atoms with Crippen LogP contribution in [0.25, 0.3) is 0 Å². The molecule has 2 amide bonds. The molecule has 0 saturated carbocycles. The van der Waals surface area contributed by atoms with Crippen molar-refractivity contribution in [3.05, 3.63) is 28.8 Å². The van der Waals surface area contributed by atoms with Crippen LogP contribution in [0.1, 0.15) is 29.6 Å². The molecule has 0 radical (unpaired) electrons. The van der Waals surface area contributed by atoms with Crippen LogP contribution in [-0.4, -0.2) is 87.9 Å². The van der Waals surface area contributed by atoms with E-state index in [9.17, 15) is 18.0 Å². The Balaban J connectivity index is 1.75. The van der Waals surface area contributed by atoms with Crippen molar-refractivity contribution < 1.29 is 27.5 Å². The number of carbonyl (C=O) groups excluding carboxylic acids is 2. The predicted molar refractivity (Wildman–Crippen MR) is 119 cm³/mol. The number of rotatable bonds is 4. The van der Waals surface area contributed by atoms with Crippen LogP contribution < -0.4 is 15.4 Å². The highest BCUT2D eigenvalue weighted by Gasteiger charge is 2.38. The highest BCUT2D eigenvalue weighted by Crippen LogP contribution is 2.25. The summed E-state index contributed by atoms with van der Waals surface area (Å²) in [4.78, 5) is 25.1. The second-order valence-electron chi connectivity index (χ2n) is 7.65. The second kappa shape index (κ2) is 11.3. The van der Waals surface area contributed by atoms with Crippen LogP contribution in [0, 0.1) is 0 Å². The SMILES string of the molecule is COCC1CCCN1S(=O)(=O)N1CCCNC(=O)c2cc(Cl)ccc2OCCNC(=O)C1. The molecular formula is C20H29ClN4O6S. The first-order chi connectivity index (χ1) is 15.3. The summed E-state index contributed by atoms with van der Waals surface area (Å²) >= 11 is 6.02. The molecule has 1 atom stereocenters. The Hall–Kier alpha value is -1.92. The van der Waals surface area contributed by atoms with Crippen LogP contribution >= 0.6 is 11.6 Å². The lowest BCUT2D eigenvalue weighted by molar-refractivity contribution is -0.121. The highest BCUT2D eigenvalue weighted by molar-refractivity contribution is 7.86. The molecule has 2 aliphatic rings. The smallest absolute Gasteiger partial charge is 0.282 e. The fourth-order valence-electron chi connectivity index (χ4n) is 3.82. The van der Waals surface area contributed by atoms with Gasteiger partial charge in [0, 0.05) is 37.8 Å². The van der Waals surface area contributed by atoms with E-state index >= 15 is 0 Å². The van der Waals surface area contributed by atoms with Crippen LogP contribution in [0.4, 0.5) is 0 Å². The maximum absolute atomic E-state index is 13.3. The predicted octanol–water partition coefficient (Wildman–Crippen LogP) is 0.626. The zero-order valence-corrected chi connectivity index (χ0v) is 19.6. The average Bonchev–Trinajstić information content (AvgIpc) is 3.23. The van der Waals surface area contributed by atoms with Crippen molar-refractivity contribution in [1.82, 2.24) is 19.2 Å². The molecule has 10 nitrogen and oxygen atoms in total. The summed E-state index contributed by atoms with van der Waals surface area (Å²) in [6.45, 7) is 0.962. The summed E-state index contributed by atoms with van der Waals surface area (Å²) in [5.74, 6) is -0.421. The van der Waals surface area contributed by atoms with E-state index in [1.807, 2.05) is 0 Å². The van der Waals surface area contributed by atoms with E-state index in [1.165, 1.54) is 21.8 Å². The van der Waals surface area contributed by atoms with Gasteiger partial charge >= 0.3 is 0 Å². The Labute approximate surface area is 193 Å². The van der Waals surface area contributed by atoms with E-state index in [2.05, 4.69) is 10.6 Å². The lowest BCUT2D eigenvalue weighted by Crippen LogP contribution is -2.51. The molecule has 2 N–H and O–H groups in total. The number of nitrogens with one attached hydrogen (secondary N) is 2. The number of ether oxygens (including phenoxy) is 2. The first-order valence-electron chi connectivity index (χ1n) is 10.6. The monoisotopic (exact) mass is 488 g/mol. The van der Waals surface area contributed by atoms with Crippen molar-refractivity contribution in [3.63, 3.8) is 0 Å². The third-order valence-electron chi connectivity index (χ3n) is 5.36. The van der Waals surface area contributed by atoms with Gasteiger partial charge in [-0.25, -0.2) is 0 Å². The van der Waals surface area contributed by atoms with Gasteiger partial charge in [0.1, 0.15) is 12.4 Å². The minimum atomic E-state index is -3.87. The Morgan fingerprint density at radius 2 is 2.00 bits per heavy atom. The largest absolute Gasteiger partial charge is 0.491 e. The van der Waals surface area contributed by atoms with Crippen molar-refractivity contribution >= 4 is 33.6 Å². The summed E-state index contributed by atoms with van der Waals surface area (Å²) < 4.78 is 40.0. The minimum Gasteiger partial charge on any atom is -0.491 e. The maximum Gasteiger partial charge on any atom is 0.282 e. The Morgan fingerprint density at radius 3 is 2.78 bits per heavy atom. The van der Waals surface area contributed by atoms with Crippen molar-refractivity contribution in [2.24, 2.45) is 0 Å². The zero-order valence-electron chi connectivity index (χ0n) is 18.0. The minimum absolute atomic E-state index is 0.0884. The molecular weight excluding hydrogens is 460 g/mol. The van der Waals surface area contributed by atoms with Gasteiger partial charge in [-0.15, -0.1) is 0 Å². The fourth-order valence-corrected chi connectivity index (χ4v) is 5.83. The average molecular weight is 489 g/mol. The summed E-state index contributed by atoms with van der Waals surface area (Å²) in [7, 11) is -2.34. The first-order valence-corrected chi connectivity index (χ1v) is 12.3. The Morgan fingerprint density at radius 1 is 1.19 bits per heavy atom. The van der Waals surface area contributed by atoms with E-state index in [0.717, 1.165) is 6.42 Å². The molecule has 0 aromatic heterocycles. The van der Waals surface area contributed by atoms with Gasteiger partial charge in [0.15, 0.2) is 0 Å². The number of halogens is 1. The molecule has 12 heteroatoms. The van der Waals surface area contributed by atoms with Crippen molar-refractivity contribution in [2.75, 3.05) is 53.0 Å². The van der Waals surface area contributed by atoms with E-state index in [1.54, 1.807) is 12.1 Å². The second-order valence-corrected chi connectivity index (χ2v) is 9.97. The molecule has 1 saturated heterocycles. The summed E-state index contributed by atoms with van der Waals surface area (Å²) in [6, 6.07) is 4.48. The quantitative estimate of drug-likeness (QED) is 0.641. The van der Waals surface area contributed by atoms with Gasteiger partial charge < -0.3 is 20.1 Å². The van der Waals surface area contributed by atoms with Gasteiger partial charge in [0.25, 0.3) is 16.1 Å². The lowest BCUT2D eigenvalue weighted by atomic mass is 10.2.